The molecule has 48 heavy (non-hydrogen) atoms. The molecule has 0 saturated carbocycles. The van der Waals surface area contributed by atoms with Gasteiger partial charge in [0.2, 0.25) is 13.6 Å². The highest BCUT2D eigenvalue weighted by molar-refractivity contribution is 6.06. The number of ether oxygens (including phenoxy) is 4. The summed E-state index contributed by atoms with van der Waals surface area (Å²) < 4.78 is 21.6. The summed E-state index contributed by atoms with van der Waals surface area (Å²) in [5, 5.41) is 10.8. The third kappa shape index (κ3) is 7.80. The van der Waals surface area contributed by atoms with Crippen LogP contribution in [0.1, 0.15) is 31.8 Å². The van der Waals surface area contributed by atoms with Crippen molar-refractivity contribution in [3.63, 3.8) is 0 Å². The van der Waals surface area contributed by atoms with Crippen molar-refractivity contribution in [3.05, 3.63) is 131 Å². The summed E-state index contributed by atoms with van der Waals surface area (Å²) in [6, 6.07) is 27.2. The molecule has 4 N–H and O–H groups in total. The monoisotopic (exact) mass is 646 g/mol. The summed E-state index contributed by atoms with van der Waals surface area (Å²) in [6.45, 7) is 0.202. The van der Waals surface area contributed by atoms with Crippen molar-refractivity contribution in [2.24, 2.45) is 0 Å². The molecular formula is C36H30N4O8. The minimum absolute atomic E-state index is 0.00813. The molecule has 4 aromatic rings. The zero-order chi connectivity index (χ0) is 33.3. The molecule has 6 rings (SSSR count). The lowest BCUT2D eigenvalue weighted by Gasteiger charge is -2.13. The highest BCUT2D eigenvalue weighted by Gasteiger charge is 2.19. The number of hydrogen-bond donors (Lipinski definition) is 4. The van der Waals surface area contributed by atoms with Gasteiger partial charge in [-0.1, -0.05) is 48.5 Å². The fourth-order valence-corrected chi connectivity index (χ4v) is 4.77. The molecule has 0 atom stereocenters. The van der Waals surface area contributed by atoms with Crippen LogP contribution in [0.25, 0.3) is 12.2 Å². The van der Waals surface area contributed by atoms with Crippen LogP contribution in [0, 0.1) is 0 Å². The van der Waals surface area contributed by atoms with E-state index in [0.717, 1.165) is 0 Å². The van der Waals surface area contributed by atoms with Crippen LogP contribution in [0.3, 0.4) is 0 Å². The van der Waals surface area contributed by atoms with Crippen LogP contribution in [-0.2, 0) is 9.59 Å². The molecule has 0 saturated heterocycles. The summed E-state index contributed by atoms with van der Waals surface area (Å²) in [4.78, 5) is 52.5. The number of amides is 4. The maximum absolute atomic E-state index is 13.3. The van der Waals surface area contributed by atoms with E-state index < -0.39 is 23.6 Å². The Bertz CT molecular complexity index is 1770. The maximum atomic E-state index is 13.3. The van der Waals surface area contributed by atoms with Gasteiger partial charge < -0.3 is 40.2 Å². The van der Waals surface area contributed by atoms with Crippen molar-refractivity contribution in [3.8, 4) is 23.0 Å². The Morgan fingerprint density at radius 2 is 0.917 bits per heavy atom. The van der Waals surface area contributed by atoms with Crippen LogP contribution in [0.2, 0.25) is 0 Å². The van der Waals surface area contributed by atoms with Crippen molar-refractivity contribution in [2.45, 2.75) is 0 Å². The molecule has 0 aliphatic carbocycles. The third-order valence-electron chi connectivity index (χ3n) is 7.17. The predicted octanol–water partition coefficient (Wildman–Crippen LogP) is 3.62. The van der Waals surface area contributed by atoms with Crippen molar-refractivity contribution >= 4 is 35.8 Å². The molecule has 4 aromatic carbocycles. The second-order valence-electron chi connectivity index (χ2n) is 10.5. The fourth-order valence-electron chi connectivity index (χ4n) is 4.77. The normalized spacial score (nSPS) is 13.0. The van der Waals surface area contributed by atoms with Crippen molar-refractivity contribution in [1.82, 2.24) is 21.3 Å². The van der Waals surface area contributed by atoms with Gasteiger partial charge in [-0.25, -0.2) is 0 Å². The first-order chi connectivity index (χ1) is 23.4. The highest BCUT2D eigenvalue weighted by Crippen LogP contribution is 2.34. The quantitative estimate of drug-likeness (QED) is 0.142. The van der Waals surface area contributed by atoms with E-state index >= 15 is 0 Å². The SMILES string of the molecule is O=C(NCCNC(=O)/C(=C\c1ccc2c(c1)OCO2)NC(=O)c1ccccc1)/C(=C\c1ccc2c(c1)OCO2)NC(=O)c1ccccc1. The molecule has 242 valence electrons. The van der Waals surface area contributed by atoms with E-state index in [0.29, 0.717) is 45.3 Å². The third-order valence-corrected chi connectivity index (χ3v) is 7.17. The number of nitrogens with one attached hydrogen (secondary N) is 4. The van der Waals surface area contributed by atoms with Gasteiger partial charge in [0.15, 0.2) is 23.0 Å². The van der Waals surface area contributed by atoms with Gasteiger partial charge >= 0.3 is 0 Å². The summed E-state index contributed by atoms with van der Waals surface area (Å²) in [7, 11) is 0. The number of rotatable bonds is 11. The van der Waals surface area contributed by atoms with Gasteiger partial charge in [-0.15, -0.1) is 0 Å². The van der Waals surface area contributed by atoms with Crippen LogP contribution in [0.4, 0.5) is 0 Å². The van der Waals surface area contributed by atoms with E-state index in [1.54, 1.807) is 97.1 Å². The van der Waals surface area contributed by atoms with Crippen LogP contribution < -0.4 is 40.2 Å². The Kier molecular flexibility index (Phi) is 9.62. The second-order valence-corrected chi connectivity index (χ2v) is 10.5. The number of fused-ring (bicyclic) bond motifs is 2. The lowest BCUT2D eigenvalue weighted by Crippen LogP contribution is -2.41. The van der Waals surface area contributed by atoms with E-state index in [9.17, 15) is 19.2 Å². The van der Waals surface area contributed by atoms with Crippen molar-refractivity contribution in [1.29, 1.82) is 0 Å². The van der Waals surface area contributed by atoms with Crippen LogP contribution in [-0.4, -0.2) is 50.3 Å². The highest BCUT2D eigenvalue weighted by atomic mass is 16.7. The van der Waals surface area contributed by atoms with Gasteiger partial charge in [0.25, 0.3) is 23.6 Å². The zero-order valence-corrected chi connectivity index (χ0v) is 25.5. The summed E-state index contributed by atoms with van der Waals surface area (Å²) in [5.41, 5.74) is 1.89. The smallest absolute Gasteiger partial charge is 0.267 e. The molecule has 0 radical (unpaired) electrons. The van der Waals surface area contributed by atoms with Gasteiger partial charge in [-0.05, 0) is 71.8 Å². The first-order valence-electron chi connectivity index (χ1n) is 14.9. The zero-order valence-electron chi connectivity index (χ0n) is 25.5. The lowest BCUT2D eigenvalue weighted by molar-refractivity contribution is -0.119. The lowest BCUT2D eigenvalue weighted by atomic mass is 10.1. The summed E-state index contributed by atoms with van der Waals surface area (Å²) >= 11 is 0. The molecule has 12 heteroatoms. The fraction of sp³-hybridized carbons (Fsp3) is 0.111. The second kappa shape index (κ2) is 14.7. The first-order valence-corrected chi connectivity index (χ1v) is 14.9. The van der Waals surface area contributed by atoms with Gasteiger partial charge in [0.05, 0.1) is 0 Å². The van der Waals surface area contributed by atoms with Gasteiger partial charge in [0.1, 0.15) is 11.4 Å². The Morgan fingerprint density at radius 3 is 1.33 bits per heavy atom. The minimum Gasteiger partial charge on any atom is -0.454 e. The molecule has 2 aliphatic rings. The van der Waals surface area contributed by atoms with Crippen LogP contribution >= 0.6 is 0 Å². The molecule has 4 amide bonds. The average Bonchev–Trinajstić information content (AvgIpc) is 3.79. The Labute approximate surface area is 275 Å². The molecule has 0 aromatic heterocycles. The van der Waals surface area contributed by atoms with Crippen molar-refractivity contribution < 1.29 is 38.1 Å². The topological polar surface area (TPSA) is 153 Å². The molecular weight excluding hydrogens is 616 g/mol. The van der Waals surface area contributed by atoms with Gasteiger partial charge in [0, 0.05) is 24.2 Å². The van der Waals surface area contributed by atoms with Gasteiger partial charge in [-0.3, -0.25) is 19.2 Å². The minimum atomic E-state index is -0.584. The molecule has 2 aliphatic heterocycles. The van der Waals surface area contributed by atoms with E-state index in [1.165, 1.54) is 12.2 Å². The Hall–Kier alpha value is -6.56. The number of hydrogen-bond acceptors (Lipinski definition) is 8. The average molecular weight is 647 g/mol. The summed E-state index contributed by atoms with van der Waals surface area (Å²) in [5.74, 6) is 0.0776. The van der Waals surface area contributed by atoms with Crippen LogP contribution in [0.5, 0.6) is 23.0 Å². The standard InChI is InChI=1S/C36H30N4O8/c41-33(25-7-3-1-4-8-25)39-27(17-23-11-13-29-31(19-23)47-21-45-29)35(43)37-15-16-38-36(44)28(40-34(42)26-9-5-2-6-10-26)18-24-12-14-30-32(20-24)48-22-46-30/h1-14,17-20H,15-16,21-22H2,(H,37,43)(H,38,44)(H,39,41)(H,40,42)/b27-17+,28-18+. The van der Waals surface area contributed by atoms with Crippen LogP contribution in [0.15, 0.2) is 108 Å². The van der Waals surface area contributed by atoms with E-state index in [4.69, 9.17) is 18.9 Å². The molecule has 0 spiro atoms. The Morgan fingerprint density at radius 1 is 0.521 bits per heavy atom. The van der Waals surface area contributed by atoms with Crippen molar-refractivity contribution in [2.75, 3.05) is 26.7 Å². The van der Waals surface area contributed by atoms with Gasteiger partial charge in [-0.2, -0.15) is 0 Å². The van der Waals surface area contributed by atoms with E-state index in [1.807, 2.05) is 0 Å². The first kappa shape index (κ1) is 31.4. The largest absolute Gasteiger partial charge is 0.454 e. The number of carbonyl (C=O) groups is 4. The van der Waals surface area contributed by atoms with E-state index in [-0.39, 0.29) is 38.1 Å². The number of carbonyl (C=O) groups excluding carboxylic acids is 4. The Balaban J connectivity index is 1.13. The summed E-state index contributed by atoms with van der Waals surface area (Å²) in [6.07, 6.45) is 3.03. The van der Waals surface area contributed by atoms with E-state index in [2.05, 4.69) is 21.3 Å². The predicted molar refractivity (Wildman–Crippen MR) is 175 cm³/mol. The molecule has 12 nitrogen and oxygen atoms in total. The maximum Gasteiger partial charge on any atom is 0.267 e. The molecule has 0 bridgehead atoms. The number of benzene rings is 4. The molecule has 0 unspecified atom stereocenters. The molecule has 2 heterocycles. The molecule has 0 fully saturated rings.